The van der Waals surface area contributed by atoms with E-state index < -0.39 is 5.60 Å². The highest BCUT2D eigenvalue weighted by Crippen LogP contribution is 2.35. The second kappa shape index (κ2) is 11.5. The highest BCUT2D eigenvalue weighted by Gasteiger charge is 2.28. The Kier molecular flexibility index (Phi) is 8.12. The molecule has 0 aromatic heterocycles. The van der Waals surface area contributed by atoms with E-state index in [2.05, 4.69) is 15.9 Å². The third kappa shape index (κ3) is 6.25. The second-order valence-corrected chi connectivity index (χ2v) is 11.3. The number of amides is 1. The summed E-state index contributed by atoms with van der Waals surface area (Å²) in [6.07, 6.45) is 4.09. The first-order chi connectivity index (χ1) is 18.3. The lowest BCUT2D eigenvalue weighted by Gasteiger charge is -2.31. The third-order valence-electron chi connectivity index (χ3n) is 7.63. The Labute approximate surface area is 226 Å². The van der Waals surface area contributed by atoms with Crippen molar-refractivity contribution in [2.45, 2.75) is 51.2 Å². The monoisotopic (exact) mass is 523 g/mol. The molecular formula is C30H41N3O5. The first-order valence-corrected chi connectivity index (χ1v) is 13.9. The van der Waals surface area contributed by atoms with Crippen molar-refractivity contribution in [2.24, 2.45) is 0 Å². The Bertz CT molecular complexity index is 1130. The number of hydrogen-bond acceptors (Lipinski definition) is 7. The van der Waals surface area contributed by atoms with Gasteiger partial charge in [-0.25, -0.2) is 0 Å². The van der Waals surface area contributed by atoms with Crippen LogP contribution < -0.4 is 19.3 Å². The van der Waals surface area contributed by atoms with Crippen molar-refractivity contribution < 1.29 is 24.1 Å². The van der Waals surface area contributed by atoms with Crippen molar-refractivity contribution >= 4 is 17.3 Å². The summed E-state index contributed by atoms with van der Waals surface area (Å²) in [5, 5.41) is 10.2. The van der Waals surface area contributed by atoms with E-state index in [1.54, 1.807) is 7.11 Å². The van der Waals surface area contributed by atoms with E-state index in [1.807, 2.05) is 49.1 Å². The first-order valence-electron chi connectivity index (χ1n) is 13.9. The maximum Gasteiger partial charge on any atom is 0.258 e. The molecule has 0 aliphatic carbocycles. The lowest BCUT2D eigenvalue weighted by Crippen LogP contribution is -2.40. The van der Waals surface area contributed by atoms with Crippen LogP contribution in [0.1, 0.15) is 49.0 Å². The molecule has 1 atom stereocenters. The molecule has 8 nitrogen and oxygen atoms in total. The summed E-state index contributed by atoms with van der Waals surface area (Å²) < 4.78 is 17.4. The molecule has 0 saturated carbocycles. The first kappa shape index (κ1) is 26.8. The van der Waals surface area contributed by atoms with Gasteiger partial charge in [-0.3, -0.25) is 9.69 Å². The highest BCUT2D eigenvalue weighted by molar-refractivity contribution is 6.08. The Hall–Kier alpha value is -2.81. The van der Waals surface area contributed by atoms with Crippen LogP contribution in [0.15, 0.2) is 36.4 Å². The fraction of sp³-hybridized carbons (Fsp3) is 0.567. The maximum absolute atomic E-state index is 13.5. The van der Waals surface area contributed by atoms with Crippen LogP contribution >= 0.6 is 0 Å². The second-order valence-electron chi connectivity index (χ2n) is 11.3. The smallest absolute Gasteiger partial charge is 0.258 e. The molecule has 2 aromatic carbocycles. The molecule has 0 spiro atoms. The number of carbonyl (C=O) groups excluding carboxylic acids is 1. The van der Waals surface area contributed by atoms with Crippen LogP contribution in [0.25, 0.3) is 0 Å². The number of hydrogen-bond donors (Lipinski definition) is 1. The highest BCUT2D eigenvalue weighted by atomic mass is 16.5. The predicted molar refractivity (Wildman–Crippen MR) is 149 cm³/mol. The summed E-state index contributed by atoms with van der Waals surface area (Å²) in [4.78, 5) is 20.0. The largest absolute Gasteiger partial charge is 0.495 e. The molecule has 3 aliphatic heterocycles. The van der Waals surface area contributed by atoms with Gasteiger partial charge in [-0.15, -0.1) is 0 Å². The van der Waals surface area contributed by atoms with Crippen molar-refractivity contribution in [2.75, 3.05) is 69.4 Å². The van der Waals surface area contributed by atoms with Crippen molar-refractivity contribution in [1.29, 1.82) is 0 Å². The fourth-order valence-electron chi connectivity index (χ4n) is 5.78. The van der Waals surface area contributed by atoms with Crippen molar-refractivity contribution in [3.8, 4) is 11.5 Å². The zero-order valence-electron chi connectivity index (χ0n) is 22.9. The molecule has 2 aromatic rings. The van der Waals surface area contributed by atoms with Crippen LogP contribution in [-0.2, 0) is 11.2 Å². The minimum absolute atomic E-state index is 0.00348. The standard InChI is InChI=1S/C30H41N3O5/c1-30(2,35)21-31-12-5-13-32(16-15-31)27-10-7-23(19-28(27)36-3)33-14-11-22-18-24(8-9-26(22)29(33)34)38-20-25-6-4-17-37-25/h7-10,18-19,25,35H,4-6,11-17,20-21H2,1-3H3/t25-/m1/s1. The van der Waals surface area contributed by atoms with Gasteiger partial charge in [-0.2, -0.15) is 0 Å². The van der Waals surface area contributed by atoms with Gasteiger partial charge >= 0.3 is 0 Å². The molecule has 38 heavy (non-hydrogen) atoms. The maximum atomic E-state index is 13.5. The van der Waals surface area contributed by atoms with Crippen LogP contribution in [0, 0.1) is 0 Å². The Morgan fingerprint density at radius 2 is 1.92 bits per heavy atom. The van der Waals surface area contributed by atoms with Gasteiger partial charge in [-0.1, -0.05) is 0 Å². The molecule has 3 heterocycles. The molecule has 5 rings (SSSR count). The van der Waals surface area contributed by atoms with Gasteiger partial charge in [0, 0.05) is 63.2 Å². The van der Waals surface area contributed by atoms with Crippen molar-refractivity contribution in [1.82, 2.24) is 4.90 Å². The Balaban J connectivity index is 1.26. The number of β-amino-alcohol motifs (C(OH)–C–C–N with tert-alkyl or cyclic N) is 1. The predicted octanol–water partition coefficient (Wildman–Crippen LogP) is 3.74. The molecular weight excluding hydrogens is 482 g/mol. The summed E-state index contributed by atoms with van der Waals surface area (Å²) in [6, 6.07) is 11.9. The number of nitrogens with zero attached hydrogens (tertiary/aromatic N) is 3. The zero-order valence-corrected chi connectivity index (χ0v) is 22.9. The third-order valence-corrected chi connectivity index (χ3v) is 7.63. The molecule has 2 saturated heterocycles. The quantitative estimate of drug-likeness (QED) is 0.565. The average Bonchev–Trinajstić information content (AvgIpc) is 3.32. The average molecular weight is 524 g/mol. The topological polar surface area (TPSA) is 74.7 Å². The minimum atomic E-state index is -0.701. The van der Waals surface area contributed by atoms with Crippen LogP contribution in [0.4, 0.5) is 11.4 Å². The van der Waals surface area contributed by atoms with Gasteiger partial charge < -0.3 is 29.1 Å². The van der Waals surface area contributed by atoms with E-state index in [4.69, 9.17) is 14.2 Å². The number of methoxy groups -OCH3 is 1. The van der Waals surface area contributed by atoms with Crippen LogP contribution in [-0.4, -0.2) is 87.2 Å². The van der Waals surface area contributed by atoms with E-state index in [1.165, 1.54) is 0 Å². The van der Waals surface area contributed by atoms with Gasteiger partial charge in [0.1, 0.15) is 18.1 Å². The lowest BCUT2D eigenvalue weighted by atomic mass is 9.98. The summed E-state index contributed by atoms with van der Waals surface area (Å²) in [7, 11) is 1.69. The van der Waals surface area contributed by atoms with Gasteiger partial charge in [0.2, 0.25) is 0 Å². The molecule has 0 bridgehead atoms. The summed E-state index contributed by atoms with van der Waals surface area (Å²) >= 11 is 0. The normalized spacial score (nSPS) is 20.8. The number of carbonyl (C=O) groups is 1. The zero-order chi connectivity index (χ0) is 26.7. The molecule has 0 unspecified atom stereocenters. The van der Waals surface area contributed by atoms with Gasteiger partial charge in [0.05, 0.1) is 24.5 Å². The van der Waals surface area contributed by atoms with Crippen LogP contribution in [0.2, 0.25) is 0 Å². The van der Waals surface area contributed by atoms with Crippen molar-refractivity contribution in [3.63, 3.8) is 0 Å². The van der Waals surface area contributed by atoms with E-state index >= 15 is 0 Å². The minimum Gasteiger partial charge on any atom is -0.495 e. The Morgan fingerprint density at radius 3 is 2.68 bits per heavy atom. The van der Waals surface area contributed by atoms with E-state index in [9.17, 15) is 9.90 Å². The number of fused-ring (bicyclic) bond motifs is 1. The van der Waals surface area contributed by atoms with Crippen LogP contribution in [0.3, 0.4) is 0 Å². The number of benzene rings is 2. The van der Waals surface area contributed by atoms with Gasteiger partial charge in [0.25, 0.3) is 5.91 Å². The lowest BCUT2D eigenvalue weighted by molar-refractivity contribution is 0.0385. The summed E-state index contributed by atoms with van der Waals surface area (Å²) in [5.41, 5.74) is 2.94. The number of ether oxygens (including phenoxy) is 3. The molecule has 206 valence electrons. The van der Waals surface area contributed by atoms with Crippen molar-refractivity contribution in [3.05, 3.63) is 47.5 Å². The number of rotatable bonds is 8. The summed E-state index contributed by atoms with van der Waals surface area (Å²) in [6.45, 7) is 9.99. The van der Waals surface area contributed by atoms with E-state index in [0.29, 0.717) is 19.7 Å². The van der Waals surface area contributed by atoms with E-state index in [0.717, 1.165) is 92.5 Å². The van der Waals surface area contributed by atoms with Gasteiger partial charge in [-0.05, 0) is 75.4 Å². The number of anilines is 2. The summed E-state index contributed by atoms with van der Waals surface area (Å²) in [5.74, 6) is 1.57. The molecule has 3 aliphatic rings. The molecule has 1 amide bonds. The van der Waals surface area contributed by atoms with Crippen LogP contribution in [0.5, 0.6) is 11.5 Å². The molecule has 8 heteroatoms. The SMILES string of the molecule is COc1cc(N2CCc3cc(OC[C@H]4CCCO4)ccc3C2=O)ccc1N1CCCN(CC(C)(C)O)CC1. The molecule has 0 radical (unpaired) electrons. The number of aliphatic hydroxyl groups is 1. The molecule has 1 N–H and O–H groups in total. The fourth-order valence-corrected chi connectivity index (χ4v) is 5.78. The Morgan fingerprint density at radius 1 is 1.05 bits per heavy atom. The van der Waals surface area contributed by atoms with E-state index in [-0.39, 0.29) is 12.0 Å². The van der Waals surface area contributed by atoms with Gasteiger partial charge in [0.15, 0.2) is 0 Å². The molecule has 2 fully saturated rings.